The number of nitrogens with zero attached hydrogens (tertiary/aromatic N) is 1. The number of hydrogen-bond donors (Lipinski definition) is 1. The summed E-state index contributed by atoms with van der Waals surface area (Å²) in [5.41, 5.74) is 0.927. The van der Waals surface area contributed by atoms with E-state index in [0.29, 0.717) is 6.04 Å². The Kier molecular flexibility index (Phi) is 5.26. The van der Waals surface area contributed by atoms with E-state index in [0.717, 1.165) is 25.1 Å². The number of rotatable bonds is 6. The highest BCUT2D eigenvalue weighted by atomic mass is 19.1. The van der Waals surface area contributed by atoms with Crippen LogP contribution in [-0.2, 0) is 0 Å². The first kappa shape index (κ1) is 13.0. The zero-order valence-electron chi connectivity index (χ0n) is 10.3. The number of anilines is 1. The van der Waals surface area contributed by atoms with Gasteiger partial charge in [-0.25, -0.2) is 4.39 Å². The smallest absolute Gasteiger partial charge is 0.125 e. The highest BCUT2D eigenvalue weighted by Crippen LogP contribution is 2.14. The third kappa shape index (κ3) is 3.81. The van der Waals surface area contributed by atoms with Gasteiger partial charge in [-0.1, -0.05) is 19.4 Å². The van der Waals surface area contributed by atoms with Crippen molar-refractivity contribution >= 4 is 5.69 Å². The molecule has 0 aliphatic heterocycles. The van der Waals surface area contributed by atoms with E-state index in [2.05, 4.69) is 17.1 Å². The largest absolute Gasteiger partial charge is 0.373 e. The minimum absolute atomic E-state index is 0.180. The zero-order valence-corrected chi connectivity index (χ0v) is 10.3. The number of halogens is 1. The van der Waals surface area contributed by atoms with Gasteiger partial charge in [-0.15, -0.1) is 0 Å². The molecule has 0 radical (unpaired) electrons. The molecule has 16 heavy (non-hydrogen) atoms. The summed E-state index contributed by atoms with van der Waals surface area (Å²) in [4.78, 5) is 2.08. The lowest BCUT2D eigenvalue weighted by Gasteiger charge is -2.25. The van der Waals surface area contributed by atoms with Gasteiger partial charge in [0.15, 0.2) is 0 Å². The molecule has 0 saturated heterocycles. The molecule has 0 bridgehead atoms. The van der Waals surface area contributed by atoms with Crippen LogP contribution in [0.15, 0.2) is 24.3 Å². The molecule has 2 nitrogen and oxygen atoms in total. The quantitative estimate of drug-likeness (QED) is 0.799. The van der Waals surface area contributed by atoms with Crippen LogP contribution in [0.5, 0.6) is 0 Å². The van der Waals surface area contributed by atoms with Crippen molar-refractivity contribution in [1.82, 2.24) is 5.32 Å². The molecule has 3 heteroatoms. The summed E-state index contributed by atoms with van der Waals surface area (Å²) in [6.07, 6.45) is 2.29. The van der Waals surface area contributed by atoms with Crippen LogP contribution in [0, 0.1) is 5.82 Å². The minimum atomic E-state index is -0.180. The molecule has 0 fully saturated rings. The van der Waals surface area contributed by atoms with E-state index < -0.39 is 0 Å². The van der Waals surface area contributed by atoms with E-state index in [4.69, 9.17) is 0 Å². The summed E-state index contributed by atoms with van der Waals surface area (Å²) < 4.78 is 13.1. The van der Waals surface area contributed by atoms with Crippen molar-refractivity contribution in [2.75, 3.05) is 25.5 Å². The van der Waals surface area contributed by atoms with E-state index in [-0.39, 0.29) is 5.82 Å². The Morgan fingerprint density at radius 1 is 1.44 bits per heavy atom. The van der Waals surface area contributed by atoms with Crippen molar-refractivity contribution in [1.29, 1.82) is 0 Å². The molecule has 0 aliphatic rings. The van der Waals surface area contributed by atoms with Gasteiger partial charge in [0.1, 0.15) is 5.82 Å². The molecular formula is C13H21FN2. The van der Waals surface area contributed by atoms with Crippen LogP contribution in [-0.4, -0.2) is 26.7 Å². The third-order valence-corrected chi connectivity index (χ3v) is 2.79. The lowest BCUT2D eigenvalue weighted by atomic mass is 10.1. The minimum Gasteiger partial charge on any atom is -0.373 e. The zero-order chi connectivity index (χ0) is 12.0. The fourth-order valence-electron chi connectivity index (χ4n) is 1.82. The second-order valence-corrected chi connectivity index (χ2v) is 4.13. The standard InChI is InChI=1S/C13H21FN2/c1-4-6-12(15-2)10-16(3)13-8-5-7-11(14)9-13/h5,7-9,12,15H,4,6,10H2,1-3H3. The van der Waals surface area contributed by atoms with Crippen LogP contribution in [0.25, 0.3) is 0 Å². The topological polar surface area (TPSA) is 15.3 Å². The normalized spacial score (nSPS) is 12.5. The summed E-state index contributed by atoms with van der Waals surface area (Å²) >= 11 is 0. The van der Waals surface area contributed by atoms with E-state index in [1.165, 1.54) is 6.07 Å². The van der Waals surface area contributed by atoms with Crippen molar-refractivity contribution < 1.29 is 4.39 Å². The van der Waals surface area contributed by atoms with Crippen molar-refractivity contribution in [2.24, 2.45) is 0 Å². The average molecular weight is 224 g/mol. The Balaban J connectivity index is 2.60. The van der Waals surface area contributed by atoms with Gasteiger partial charge in [0.2, 0.25) is 0 Å². The van der Waals surface area contributed by atoms with Crippen LogP contribution in [0.2, 0.25) is 0 Å². The lowest BCUT2D eigenvalue weighted by Crippen LogP contribution is -2.37. The summed E-state index contributed by atoms with van der Waals surface area (Å²) in [5.74, 6) is -0.180. The fourth-order valence-corrected chi connectivity index (χ4v) is 1.82. The Morgan fingerprint density at radius 2 is 2.19 bits per heavy atom. The van der Waals surface area contributed by atoms with Crippen molar-refractivity contribution in [3.8, 4) is 0 Å². The van der Waals surface area contributed by atoms with Crippen LogP contribution < -0.4 is 10.2 Å². The summed E-state index contributed by atoms with van der Waals surface area (Å²) in [7, 11) is 3.97. The molecule has 1 aromatic carbocycles. The van der Waals surface area contributed by atoms with Crippen molar-refractivity contribution in [3.05, 3.63) is 30.1 Å². The molecule has 0 spiro atoms. The first-order valence-electron chi connectivity index (χ1n) is 5.81. The van der Waals surface area contributed by atoms with E-state index >= 15 is 0 Å². The van der Waals surface area contributed by atoms with Gasteiger partial charge < -0.3 is 10.2 Å². The van der Waals surface area contributed by atoms with Crippen LogP contribution in [0.1, 0.15) is 19.8 Å². The molecule has 0 amide bonds. The van der Waals surface area contributed by atoms with Gasteiger partial charge >= 0.3 is 0 Å². The molecule has 90 valence electrons. The summed E-state index contributed by atoms with van der Waals surface area (Å²) in [5, 5.41) is 3.28. The second-order valence-electron chi connectivity index (χ2n) is 4.13. The van der Waals surface area contributed by atoms with E-state index in [9.17, 15) is 4.39 Å². The highest BCUT2D eigenvalue weighted by Gasteiger charge is 2.09. The summed E-state index contributed by atoms with van der Waals surface area (Å²) in [6, 6.07) is 7.17. The van der Waals surface area contributed by atoms with Gasteiger partial charge in [-0.05, 0) is 31.7 Å². The highest BCUT2D eigenvalue weighted by molar-refractivity contribution is 5.45. The molecule has 1 unspecified atom stereocenters. The van der Waals surface area contributed by atoms with Gasteiger partial charge in [0, 0.05) is 25.3 Å². The van der Waals surface area contributed by atoms with Crippen LogP contribution in [0.4, 0.5) is 10.1 Å². The SMILES string of the molecule is CCCC(CN(C)c1cccc(F)c1)NC. The average Bonchev–Trinajstić information content (AvgIpc) is 2.28. The second kappa shape index (κ2) is 6.48. The number of hydrogen-bond acceptors (Lipinski definition) is 2. The molecule has 0 saturated carbocycles. The molecule has 1 N–H and O–H groups in total. The number of benzene rings is 1. The van der Waals surface area contributed by atoms with Crippen molar-refractivity contribution in [2.45, 2.75) is 25.8 Å². The van der Waals surface area contributed by atoms with Crippen LogP contribution >= 0.6 is 0 Å². The summed E-state index contributed by atoms with van der Waals surface area (Å²) in [6.45, 7) is 3.07. The molecular weight excluding hydrogens is 203 g/mol. The molecule has 0 heterocycles. The molecule has 1 aromatic rings. The Labute approximate surface area is 97.5 Å². The maximum atomic E-state index is 13.1. The monoisotopic (exact) mass is 224 g/mol. The third-order valence-electron chi connectivity index (χ3n) is 2.79. The lowest BCUT2D eigenvalue weighted by molar-refractivity contribution is 0.515. The predicted molar refractivity (Wildman–Crippen MR) is 67.4 cm³/mol. The molecule has 0 aromatic heterocycles. The maximum absolute atomic E-state index is 13.1. The van der Waals surface area contributed by atoms with E-state index in [1.807, 2.05) is 20.2 Å². The fraction of sp³-hybridized carbons (Fsp3) is 0.538. The predicted octanol–water partition coefficient (Wildman–Crippen LogP) is 2.65. The number of likely N-dealkylation sites (N-methyl/N-ethyl adjacent to an activating group) is 2. The van der Waals surface area contributed by atoms with Gasteiger partial charge in [-0.2, -0.15) is 0 Å². The van der Waals surface area contributed by atoms with E-state index in [1.54, 1.807) is 12.1 Å². The Hall–Kier alpha value is -1.09. The first-order valence-corrected chi connectivity index (χ1v) is 5.81. The maximum Gasteiger partial charge on any atom is 0.125 e. The van der Waals surface area contributed by atoms with Crippen molar-refractivity contribution in [3.63, 3.8) is 0 Å². The van der Waals surface area contributed by atoms with Crippen LogP contribution in [0.3, 0.4) is 0 Å². The Morgan fingerprint density at radius 3 is 2.75 bits per heavy atom. The Bertz CT molecular complexity index is 315. The molecule has 1 atom stereocenters. The number of nitrogens with one attached hydrogen (secondary N) is 1. The molecule has 1 rings (SSSR count). The molecule has 0 aliphatic carbocycles. The van der Waals surface area contributed by atoms with Gasteiger partial charge in [-0.3, -0.25) is 0 Å². The van der Waals surface area contributed by atoms with Gasteiger partial charge in [0.25, 0.3) is 0 Å². The van der Waals surface area contributed by atoms with Gasteiger partial charge in [0.05, 0.1) is 0 Å². The first-order chi connectivity index (χ1) is 7.67.